The number of nitrogens with zero attached hydrogens (tertiary/aromatic N) is 1. The summed E-state index contributed by atoms with van der Waals surface area (Å²) in [6.07, 6.45) is 1.93. The van der Waals surface area contributed by atoms with E-state index in [-0.39, 0.29) is 11.4 Å². The Balaban J connectivity index is 1.53. The third-order valence-corrected chi connectivity index (χ3v) is 7.08. The number of rotatable bonds is 7. The van der Waals surface area contributed by atoms with Crippen molar-refractivity contribution in [1.82, 2.24) is 9.62 Å². The van der Waals surface area contributed by atoms with Crippen LogP contribution in [0.5, 0.6) is 0 Å². The lowest BCUT2D eigenvalue weighted by atomic mass is 10.0. The van der Waals surface area contributed by atoms with E-state index in [1.807, 2.05) is 35.2 Å². The maximum absolute atomic E-state index is 14.5. The smallest absolute Gasteiger partial charge is 0.240 e. The molecule has 0 amide bonds. The Morgan fingerprint density at radius 3 is 2.16 bits per heavy atom. The number of hydrogen-bond donors (Lipinski definition) is 1. The molecule has 0 spiro atoms. The summed E-state index contributed by atoms with van der Waals surface area (Å²) in [6, 6.07) is 19.3. The van der Waals surface area contributed by atoms with E-state index in [2.05, 4.69) is 4.72 Å². The lowest BCUT2D eigenvalue weighted by Crippen LogP contribution is -2.37. The summed E-state index contributed by atoms with van der Waals surface area (Å²) in [4.78, 5) is 2.18. The first-order chi connectivity index (χ1) is 14.9. The van der Waals surface area contributed by atoms with Crippen LogP contribution in [0.3, 0.4) is 0 Å². The van der Waals surface area contributed by atoms with Gasteiger partial charge in [0.15, 0.2) is 0 Å². The summed E-state index contributed by atoms with van der Waals surface area (Å²) in [5.41, 5.74) is 2.22. The van der Waals surface area contributed by atoms with Crippen molar-refractivity contribution in [1.29, 1.82) is 0 Å². The van der Waals surface area contributed by atoms with Crippen molar-refractivity contribution in [3.8, 4) is 11.1 Å². The predicted molar refractivity (Wildman–Crippen MR) is 117 cm³/mol. The van der Waals surface area contributed by atoms with Gasteiger partial charge in [-0.15, -0.1) is 0 Å². The Labute approximate surface area is 181 Å². The van der Waals surface area contributed by atoms with Gasteiger partial charge in [-0.3, -0.25) is 4.90 Å². The maximum Gasteiger partial charge on any atom is 0.240 e. The van der Waals surface area contributed by atoms with E-state index in [0.29, 0.717) is 5.56 Å². The first-order valence-electron chi connectivity index (χ1n) is 10.3. The first kappa shape index (κ1) is 21.6. The van der Waals surface area contributed by atoms with Crippen molar-refractivity contribution in [3.05, 3.63) is 90.0 Å². The van der Waals surface area contributed by atoms with Gasteiger partial charge in [0.2, 0.25) is 10.0 Å². The molecular weight excluding hydrogens is 418 g/mol. The molecule has 3 aromatic carbocycles. The Morgan fingerprint density at radius 1 is 0.871 bits per heavy atom. The third-order valence-electron chi connectivity index (χ3n) is 5.64. The van der Waals surface area contributed by atoms with Crippen molar-refractivity contribution >= 4 is 10.0 Å². The Bertz CT molecular complexity index is 1130. The van der Waals surface area contributed by atoms with Gasteiger partial charge in [-0.25, -0.2) is 21.9 Å². The molecule has 0 saturated carbocycles. The largest absolute Gasteiger partial charge is 0.295 e. The second-order valence-corrected chi connectivity index (χ2v) is 9.43. The topological polar surface area (TPSA) is 49.4 Å². The van der Waals surface area contributed by atoms with Gasteiger partial charge >= 0.3 is 0 Å². The number of halogens is 2. The Morgan fingerprint density at radius 2 is 1.52 bits per heavy atom. The fraction of sp³-hybridized carbons (Fsp3) is 0.250. The standard InChI is InChI=1S/C24H24F2N2O2S/c25-20-10-13-22(23(26)16-20)24(28-14-4-5-15-28)17-27-31(29,30)21-11-8-19(9-12-21)18-6-2-1-3-7-18/h1-3,6-13,16,24,27H,4-5,14-15,17H2. The predicted octanol–water partition coefficient (Wildman–Crippen LogP) is 4.75. The molecule has 1 fully saturated rings. The lowest BCUT2D eigenvalue weighted by Gasteiger charge is -2.28. The number of likely N-dealkylation sites (tertiary alicyclic amines) is 1. The van der Waals surface area contributed by atoms with Crippen LogP contribution in [0.4, 0.5) is 8.78 Å². The summed E-state index contributed by atoms with van der Waals surface area (Å²) >= 11 is 0. The van der Waals surface area contributed by atoms with Gasteiger partial charge in [-0.1, -0.05) is 48.5 Å². The van der Waals surface area contributed by atoms with Gasteiger partial charge < -0.3 is 0 Å². The van der Waals surface area contributed by atoms with E-state index in [0.717, 1.165) is 43.1 Å². The highest BCUT2D eigenvalue weighted by Crippen LogP contribution is 2.28. The highest BCUT2D eigenvalue weighted by molar-refractivity contribution is 7.89. The average Bonchev–Trinajstić information content (AvgIpc) is 3.30. The van der Waals surface area contributed by atoms with Crippen molar-refractivity contribution < 1.29 is 17.2 Å². The van der Waals surface area contributed by atoms with E-state index in [1.54, 1.807) is 24.3 Å². The van der Waals surface area contributed by atoms with Crippen LogP contribution in [0.15, 0.2) is 77.7 Å². The van der Waals surface area contributed by atoms with E-state index in [9.17, 15) is 17.2 Å². The Hall–Kier alpha value is -2.61. The quantitative estimate of drug-likeness (QED) is 0.575. The van der Waals surface area contributed by atoms with E-state index in [1.165, 1.54) is 12.1 Å². The number of sulfonamides is 1. The fourth-order valence-electron chi connectivity index (χ4n) is 3.99. The molecule has 0 radical (unpaired) electrons. The zero-order valence-corrected chi connectivity index (χ0v) is 17.8. The van der Waals surface area contributed by atoms with Crippen molar-refractivity contribution in [2.45, 2.75) is 23.8 Å². The molecule has 162 valence electrons. The molecule has 1 saturated heterocycles. The molecule has 1 N–H and O–H groups in total. The molecule has 0 aliphatic carbocycles. The maximum atomic E-state index is 14.5. The van der Waals surface area contributed by atoms with Crippen LogP contribution in [-0.4, -0.2) is 33.0 Å². The zero-order valence-electron chi connectivity index (χ0n) is 17.0. The zero-order chi connectivity index (χ0) is 21.8. The monoisotopic (exact) mass is 442 g/mol. The van der Waals surface area contributed by atoms with Crippen molar-refractivity contribution in [2.24, 2.45) is 0 Å². The second kappa shape index (κ2) is 9.26. The number of hydrogen-bond acceptors (Lipinski definition) is 3. The Kier molecular flexibility index (Phi) is 6.46. The summed E-state index contributed by atoms with van der Waals surface area (Å²) in [6.45, 7) is 1.50. The number of nitrogens with one attached hydrogen (secondary N) is 1. The van der Waals surface area contributed by atoms with Gasteiger partial charge in [0.05, 0.1) is 10.9 Å². The van der Waals surface area contributed by atoms with Crippen molar-refractivity contribution in [2.75, 3.05) is 19.6 Å². The van der Waals surface area contributed by atoms with Crippen LogP contribution in [0.1, 0.15) is 24.4 Å². The van der Waals surface area contributed by atoms with Crippen LogP contribution in [0.25, 0.3) is 11.1 Å². The van der Waals surface area contributed by atoms with Crippen LogP contribution < -0.4 is 4.72 Å². The molecule has 31 heavy (non-hydrogen) atoms. The highest BCUT2D eigenvalue weighted by atomic mass is 32.2. The molecule has 1 atom stereocenters. The van der Waals surface area contributed by atoms with Crippen molar-refractivity contribution in [3.63, 3.8) is 0 Å². The lowest BCUT2D eigenvalue weighted by molar-refractivity contribution is 0.241. The molecule has 1 unspecified atom stereocenters. The van der Waals surface area contributed by atoms with E-state index in [4.69, 9.17) is 0 Å². The molecule has 0 bridgehead atoms. The SMILES string of the molecule is O=S(=O)(NCC(c1ccc(F)cc1F)N1CCCC1)c1ccc(-c2ccccc2)cc1. The minimum atomic E-state index is -3.79. The van der Waals surface area contributed by atoms with Crippen LogP contribution in [0, 0.1) is 11.6 Å². The van der Waals surface area contributed by atoms with Gasteiger partial charge in [0, 0.05) is 18.2 Å². The van der Waals surface area contributed by atoms with Crippen LogP contribution >= 0.6 is 0 Å². The molecule has 1 aliphatic heterocycles. The summed E-state index contributed by atoms with van der Waals surface area (Å²) < 4.78 is 56.2. The molecule has 7 heteroatoms. The van der Waals surface area contributed by atoms with E-state index >= 15 is 0 Å². The van der Waals surface area contributed by atoms with Gasteiger partial charge in [-0.05, 0) is 55.3 Å². The molecule has 3 aromatic rings. The minimum absolute atomic E-state index is 0.00528. The molecule has 4 nitrogen and oxygen atoms in total. The fourth-order valence-corrected chi connectivity index (χ4v) is 5.03. The van der Waals surface area contributed by atoms with Gasteiger partial charge in [-0.2, -0.15) is 0 Å². The summed E-state index contributed by atoms with van der Waals surface area (Å²) in [7, 11) is -3.79. The normalized spacial score (nSPS) is 15.8. The molecule has 1 heterocycles. The minimum Gasteiger partial charge on any atom is -0.295 e. The van der Waals surface area contributed by atoms with E-state index < -0.39 is 27.7 Å². The third kappa shape index (κ3) is 5.01. The molecule has 4 rings (SSSR count). The first-order valence-corrected chi connectivity index (χ1v) is 11.8. The van der Waals surface area contributed by atoms with Crippen LogP contribution in [-0.2, 0) is 10.0 Å². The van der Waals surface area contributed by atoms with Gasteiger partial charge in [0.25, 0.3) is 0 Å². The molecular formula is C24H24F2N2O2S. The summed E-state index contributed by atoms with van der Waals surface area (Å²) in [5, 5.41) is 0. The highest BCUT2D eigenvalue weighted by Gasteiger charge is 2.28. The summed E-state index contributed by atoms with van der Waals surface area (Å²) in [5.74, 6) is -1.32. The number of benzene rings is 3. The van der Waals surface area contributed by atoms with Gasteiger partial charge in [0.1, 0.15) is 11.6 Å². The second-order valence-electron chi connectivity index (χ2n) is 7.67. The molecule has 1 aliphatic rings. The van der Waals surface area contributed by atoms with Crippen LogP contribution in [0.2, 0.25) is 0 Å². The molecule has 0 aromatic heterocycles. The average molecular weight is 443 g/mol.